The molecule has 4 rings (SSSR count). The number of carbonyl (C=O) groups is 3. The molecule has 3 aliphatic rings. The van der Waals surface area contributed by atoms with Crippen LogP contribution in [0.25, 0.3) is 0 Å². The van der Waals surface area contributed by atoms with Crippen LogP contribution in [-0.4, -0.2) is 28.9 Å². The molecule has 1 atom stereocenters. The topological polar surface area (TPSA) is 54.5 Å². The molecule has 1 saturated heterocycles. The van der Waals surface area contributed by atoms with E-state index in [0.717, 1.165) is 17.5 Å². The summed E-state index contributed by atoms with van der Waals surface area (Å²) in [5.41, 5.74) is 0.701. The van der Waals surface area contributed by atoms with Crippen LogP contribution in [0.4, 0.5) is 0 Å². The first-order valence-electron chi connectivity index (χ1n) is 8.29. The van der Waals surface area contributed by atoms with Crippen LogP contribution in [0.1, 0.15) is 50.3 Å². The van der Waals surface area contributed by atoms with Crippen LogP contribution in [0.15, 0.2) is 24.3 Å². The zero-order chi connectivity index (χ0) is 16.4. The van der Waals surface area contributed by atoms with Gasteiger partial charge in [-0.15, -0.1) is 0 Å². The lowest BCUT2D eigenvalue weighted by Gasteiger charge is -2.44. The SMILES string of the molecule is CC1(C)CC(=O)C2(CC(=O)N3CCc4ccccc4[C@H]32)C(=O)C1. The van der Waals surface area contributed by atoms with Crippen LogP contribution in [0.3, 0.4) is 0 Å². The number of rotatable bonds is 0. The van der Waals surface area contributed by atoms with Crippen molar-refractivity contribution in [1.29, 1.82) is 0 Å². The maximum atomic E-state index is 13.1. The van der Waals surface area contributed by atoms with Gasteiger partial charge in [0.1, 0.15) is 17.0 Å². The van der Waals surface area contributed by atoms with Crippen molar-refractivity contribution < 1.29 is 14.4 Å². The van der Waals surface area contributed by atoms with E-state index in [0.29, 0.717) is 19.4 Å². The Morgan fingerprint density at radius 1 is 1.00 bits per heavy atom. The number of benzene rings is 1. The first kappa shape index (κ1) is 14.6. The average molecular weight is 311 g/mol. The van der Waals surface area contributed by atoms with Gasteiger partial charge in [-0.1, -0.05) is 38.1 Å². The Balaban J connectivity index is 1.89. The summed E-state index contributed by atoms with van der Waals surface area (Å²) in [6, 6.07) is 7.54. The zero-order valence-electron chi connectivity index (χ0n) is 13.6. The Labute approximate surface area is 135 Å². The molecule has 0 unspecified atom stereocenters. The van der Waals surface area contributed by atoms with Crippen molar-refractivity contribution in [3.8, 4) is 0 Å². The van der Waals surface area contributed by atoms with Gasteiger partial charge in [0.15, 0.2) is 0 Å². The molecule has 2 heterocycles. The summed E-state index contributed by atoms with van der Waals surface area (Å²) >= 11 is 0. The summed E-state index contributed by atoms with van der Waals surface area (Å²) < 4.78 is 0. The summed E-state index contributed by atoms with van der Waals surface area (Å²) in [5, 5.41) is 0. The molecule has 1 aliphatic carbocycles. The third-order valence-corrected chi connectivity index (χ3v) is 5.77. The van der Waals surface area contributed by atoms with Gasteiger partial charge >= 0.3 is 0 Å². The highest BCUT2D eigenvalue weighted by atomic mass is 16.2. The second kappa shape index (κ2) is 4.53. The highest BCUT2D eigenvalue weighted by Crippen LogP contribution is 2.56. The molecule has 2 aliphatic heterocycles. The van der Waals surface area contributed by atoms with Gasteiger partial charge < -0.3 is 4.90 Å². The van der Waals surface area contributed by atoms with E-state index >= 15 is 0 Å². The van der Waals surface area contributed by atoms with E-state index in [1.807, 2.05) is 38.1 Å². The molecule has 0 bridgehead atoms. The van der Waals surface area contributed by atoms with Crippen LogP contribution in [0.2, 0.25) is 0 Å². The fourth-order valence-corrected chi connectivity index (χ4v) is 4.71. The molecule has 4 nitrogen and oxygen atoms in total. The third-order valence-electron chi connectivity index (χ3n) is 5.77. The van der Waals surface area contributed by atoms with Gasteiger partial charge in [-0.3, -0.25) is 14.4 Å². The standard InChI is InChI=1S/C19H21NO3/c1-18(2)9-14(21)19(15(22)10-18)11-16(23)20-8-7-12-5-3-4-6-13(12)17(19)20/h3-6,17H,7-11H2,1-2H3/t17-/m0/s1. The molecular weight excluding hydrogens is 290 g/mol. The molecule has 0 aromatic heterocycles. The predicted molar refractivity (Wildman–Crippen MR) is 84.7 cm³/mol. The molecule has 1 spiro atoms. The third kappa shape index (κ3) is 1.87. The normalized spacial score (nSPS) is 28.0. The molecule has 1 saturated carbocycles. The van der Waals surface area contributed by atoms with E-state index in [4.69, 9.17) is 0 Å². The number of ketones is 2. The quantitative estimate of drug-likeness (QED) is 0.692. The highest BCUT2D eigenvalue weighted by molar-refractivity contribution is 6.14. The Bertz CT molecular complexity index is 714. The highest BCUT2D eigenvalue weighted by Gasteiger charge is 2.64. The van der Waals surface area contributed by atoms with E-state index in [9.17, 15) is 14.4 Å². The number of nitrogens with zero attached hydrogens (tertiary/aromatic N) is 1. The van der Waals surface area contributed by atoms with Gasteiger partial charge in [0.05, 0.1) is 6.04 Å². The largest absolute Gasteiger partial charge is 0.334 e. The van der Waals surface area contributed by atoms with Crippen molar-refractivity contribution in [2.75, 3.05) is 6.54 Å². The van der Waals surface area contributed by atoms with Gasteiger partial charge in [-0.2, -0.15) is 0 Å². The van der Waals surface area contributed by atoms with Gasteiger partial charge in [0.25, 0.3) is 0 Å². The molecule has 0 radical (unpaired) electrons. The maximum Gasteiger partial charge on any atom is 0.224 e. The van der Waals surface area contributed by atoms with E-state index < -0.39 is 11.5 Å². The van der Waals surface area contributed by atoms with Gasteiger partial charge in [-0.25, -0.2) is 0 Å². The van der Waals surface area contributed by atoms with Crippen LogP contribution in [-0.2, 0) is 20.8 Å². The predicted octanol–water partition coefficient (Wildman–Crippen LogP) is 2.46. The summed E-state index contributed by atoms with van der Waals surface area (Å²) in [6.45, 7) is 4.52. The molecule has 2 fully saturated rings. The minimum absolute atomic E-state index is 0.0451. The molecule has 1 amide bonds. The second-order valence-corrected chi connectivity index (χ2v) is 7.95. The van der Waals surface area contributed by atoms with Crippen LogP contribution in [0.5, 0.6) is 0 Å². The monoisotopic (exact) mass is 311 g/mol. The van der Waals surface area contributed by atoms with E-state index in [-0.39, 0.29) is 29.3 Å². The molecular formula is C19H21NO3. The first-order valence-corrected chi connectivity index (χ1v) is 8.29. The van der Waals surface area contributed by atoms with Crippen molar-refractivity contribution in [2.24, 2.45) is 10.8 Å². The van der Waals surface area contributed by atoms with Crippen molar-refractivity contribution in [2.45, 2.75) is 45.6 Å². The zero-order valence-corrected chi connectivity index (χ0v) is 13.6. The van der Waals surface area contributed by atoms with Crippen molar-refractivity contribution in [3.63, 3.8) is 0 Å². The average Bonchev–Trinajstić information content (AvgIpc) is 2.79. The molecule has 120 valence electrons. The van der Waals surface area contributed by atoms with Gasteiger partial charge in [0.2, 0.25) is 5.91 Å². The van der Waals surface area contributed by atoms with E-state index in [1.165, 1.54) is 0 Å². The number of Topliss-reactive ketones (excluding diaryl/α,β-unsaturated/α-hetero) is 2. The minimum atomic E-state index is -1.15. The van der Waals surface area contributed by atoms with E-state index in [1.54, 1.807) is 4.90 Å². The van der Waals surface area contributed by atoms with Gasteiger partial charge in [0, 0.05) is 25.8 Å². The number of fused-ring (bicyclic) bond motifs is 4. The Morgan fingerprint density at radius 2 is 1.65 bits per heavy atom. The summed E-state index contributed by atoms with van der Waals surface area (Å²) in [5.74, 6) is -0.140. The molecule has 1 aromatic carbocycles. The Kier molecular flexibility index (Phi) is 2.88. The Hall–Kier alpha value is -1.97. The lowest BCUT2D eigenvalue weighted by atomic mass is 9.59. The number of hydrogen-bond acceptors (Lipinski definition) is 3. The Morgan fingerprint density at radius 3 is 2.35 bits per heavy atom. The van der Waals surface area contributed by atoms with Crippen molar-refractivity contribution >= 4 is 17.5 Å². The number of amides is 1. The smallest absolute Gasteiger partial charge is 0.224 e. The lowest BCUT2D eigenvalue weighted by molar-refractivity contribution is -0.150. The van der Waals surface area contributed by atoms with Crippen LogP contribution < -0.4 is 0 Å². The lowest BCUT2D eigenvalue weighted by Crippen LogP contribution is -2.51. The van der Waals surface area contributed by atoms with Gasteiger partial charge in [-0.05, 0) is 23.0 Å². The summed E-state index contributed by atoms with van der Waals surface area (Å²) in [6.07, 6.45) is 1.60. The molecule has 1 aromatic rings. The fraction of sp³-hybridized carbons (Fsp3) is 0.526. The molecule has 4 heteroatoms. The number of hydrogen-bond donors (Lipinski definition) is 0. The molecule has 0 N–H and O–H groups in total. The number of carbonyl (C=O) groups excluding carboxylic acids is 3. The first-order chi connectivity index (χ1) is 10.8. The van der Waals surface area contributed by atoms with Crippen LogP contribution in [0, 0.1) is 10.8 Å². The van der Waals surface area contributed by atoms with Crippen LogP contribution >= 0.6 is 0 Å². The summed E-state index contributed by atoms with van der Waals surface area (Å²) in [7, 11) is 0. The second-order valence-electron chi connectivity index (χ2n) is 7.95. The van der Waals surface area contributed by atoms with Crippen molar-refractivity contribution in [1.82, 2.24) is 4.90 Å². The minimum Gasteiger partial charge on any atom is -0.334 e. The van der Waals surface area contributed by atoms with Crippen molar-refractivity contribution in [3.05, 3.63) is 35.4 Å². The van der Waals surface area contributed by atoms with E-state index in [2.05, 4.69) is 0 Å². The maximum absolute atomic E-state index is 13.1. The fourth-order valence-electron chi connectivity index (χ4n) is 4.71. The summed E-state index contributed by atoms with van der Waals surface area (Å²) in [4.78, 5) is 40.4. The molecule has 23 heavy (non-hydrogen) atoms.